The summed E-state index contributed by atoms with van der Waals surface area (Å²) in [5.74, 6) is -0.307. The number of nitriles is 1. The Balaban J connectivity index is 2.02. The summed E-state index contributed by atoms with van der Waals surface area (Å²) >= 11 is 5.80. The van der Waals surface area contributed by atoms with E-state index >= 15 is 0 Å². The third-order valence-electron chi connectivity index (χ3n) is 2.76. The van der Waals surface area contributed by atoms with E-state index in [1.165, 1.54) is 12.1 Å². The summed E-state index contributed by atoms with van der Waals surface area (Å²) < 4.78 is 12.8. The van der Waals surface area contributed by atoms with Gasteiger partial charge in [0.2, 0.25) is 0 Å². The molecule has 0 spiro atoms. The lowest BCUT2D eigenvalue weighted by molar-refractivity contribution is 0.614. The molecule has 0 aliphatic carbocycles. The topological polar surface area (TPSA) is 35.8 Å². The maximum Gasteiger partial charge on any atom is 0.123 e. The number of benzene rings is 2. The zero-order chi connectivity index (χ0) is 13.7. The van der Waals surface area contributed by atoms with Crippen LogP contribution in [0.15, 0.2) is 48.5 Å². The average molecular weight is 275 g/mol. The van der Waals surface area contributed by atoms with Gasteiger partial charge in [0, 0.05) is 11.6 Å². The van der Waals surface area contributed by atoms with Crippen LogP contribution in [0.5, 0.6) is 0 Å². The van der Waals surface area contributed by atoms with Crippen LogP contribution in [0.4, 0.5) is 4.39 Å². The van der Waals surface area contributed by atoms with E-state index in [4.69, 9.17) is 16.9 Å². The van der Waals surface area contributed by atoms with Gasteiger partial charge in [-0.2, -0.15) is 5.26 Å². The molecule has 96 valence electrons. The summed E-state index contributed by atoms with van der Waals surface area (Å²) in [6, 6.07) is 15.0. The molecular formula is C15H12ClFN2. The predicted octanol–water partition coefficient (Wildman–Crippen LogP) is 3.83. The largest absolute Gasteiger partial charge is 0.294 e. The van der Waals surface area contributed by atoms with Gasteiger partial charge in [-0.05, 0) is 35.4 Å². The molecule has 0 aromatic heterocycles. The Hall–Kier alpha value is -1.89. The zero-order valence-corrected chi connectivity index (χ0v) is 10.9. The van der Waals surface area contributed by atoms with Crippen molar-refractivity contribution in [1.82, 2.24) is 5.32 Å². The molecule has 0 fully saturated rings. The maximum atomic E-state index is 12.8. The predicted molar refractivity (Wildman–Crippen MR) is 73.0 cm³/mol. The van der Waals surface area contributed by atoms with Gasteiger partial charge in [0.15, 0.2) is 0 Å². The molecular weight excluding hydrogens is 263 g/mol. The fourth-order valence-electron chi connectivity index (χ4n) is 1.72. The highest BCUT2D eigenvalue weighted by molar-refractivity contribution is 6.30. The molecule has 0 radical (unpaired) electrons. The fourth-order valence-corrected chi connectivity index (χ4v) is 1.84. The van der Waals surface area contributed by atoms with Crippen LogP contribution in [0.2, 0.25) is 5.02 Å². The first-order chi connectivity index (χ1) is 9.19. The first kappa shape index (κ1) is 13.5. The van der Waals surface area contributed by atoms with Crippen molar-refractivity contribution in [3.63, 3.8) is 0 Å². The van der Waals surface area contributed by atoms with Gasteiger partial charge >= 0.3 is 0 Å². The van der Waals surface area contributed by atoms with E-state index in [1.807, 2.05) is 12.1 Å². The van der Waals surface area contributed by atoms with Crippen LogP contribution >= 0.6 is 11.6 Å². The molecule has 2 nitrogen and oxygen atoms in total. The third-order valence-corrected chi connectivity index (χ3v) is 3.01. The van der Waals surface area contributed by atoms with Crippen molar-refractivity contribution < 1.29 is 4.39 Å². The molecule has 4 heteroatoms. The van der Waals surface area contributed by atoms with E-state index in [0.717, 1.165) is 11.1 Å². The molecule has 1 unspecified atom stereocenters. The van der Waals surface area contributed by atoms with Crippen LogP contribution in [0.25, 0.3) is 0 Å². The lowest BCUT2D eigenvalue weighted by atomic mass is 10.1. The van der Waals surface area contributed by atoms with E-state index in [1.54, 1.807) is 24.3 Å². The molecule has 2 aromatic carbocycles. The van der Waals surface area contributed by atoms with Gasteiger partial charge < -0.3 is 0 Å². The summed E-state index contributed by atoms with van der Waals surface area (Å²) in [6.45, 7) is 0.548. The SMILES string of the molecule is N#CC(NCc1ccc(Cl)cc1)c1ccc(F)cc1. The summed E-state index contributed by atoms with van der Waals surface area (Å²) in [5.41, 5.74) is 1.78. The van der Waals surface area contributed by atoms with Crippen LogP contribution in [0, 0.1) is 17.1 Å². The summed E-state index contributed by atoms with van der Waals surface area (Å²) in [5, 5.41) is 12.9. The molecule has 19 heavy (non-hydrogen) atoms. The number of hydrogen-bond donors (Lipinski definition) is 1. The molecule has 0 saturated carbocycles. The second kappa shape index (κ2) is 6.33. The quantitative estimate of drug-likeness (QED) is 0.920. The molecule has 1 N–H and O–H groups in total. The van der Waals surface area contributed by atoms with Crippen molar-refractivity contribution in [1.29, 1.82) is 5.26 Å². The van der Waals surface area contributed by atoms with E-state index < -0.39 is 6.04 Å². The Morgan fingerprint density at radius 3 is 2.32 bits per heavy atom. The van der Waals surface area contributed by atoms with Gasteiger partial charge in [-0.15, -0.1) is 0 Å². The Bertz CT molecular complexity index is 573. The fraction of sp³-hybridized carbons (Fsp3) is 0.133. The minimum Gasteiger partial charge on any atom is -0.294 e. The molecule has 0 heterocycles. The van der Waals surface area contributed by atoms with Crippen LogP contribution in [-0.4, -0.2) is 0 Å². The lowest BCUT2D eigenvalue weighted by Gasteiger charge is -2.12. The Kier molecular flexibility index (Phi) is 4.51. The van der Waals surface area contributed by atoms with Gasteiger partial charge in [0.25, 0.3) is 0 Å². The first-order valence-electron chi connectivity index (χ1n) is 5.82. The van der Waals surface area contributed by atoms with Crippen molar-refractivity contribution in [3.05, 3.63) is 70.5 Å². The molecule has 1 atom stereocenters. The minimum atomic E-state index is -0.462. The van der Waals surface area contributed by atoms with Gasteiger partial charge in [-0.25, -0.2) is 4.39 Å². The van der Waals surface area contributed by atoms with Crippen molar-refractivity contribution >= 4 is 11.6 Å². The zero-order valence-electron chi connectivity index (χ0n) is 10.1. The molecule has 2 rings (SSSR count). The van der Waals surface area contributed by atoms with E-state index in [-0.39, 0.29) is 5.82 Å². The van der Waals surface area contributed by atoms with Crippen LogP contribution in [0.3, 0.4) is 0 Å². The normalized spacial score (nSPS) is 11.8. The standard InChI is InChI=1S/C15H12ClFN2/c16-13-5-1-11(2-6-13)10-19-15(9-18)12-3-7-14(17)8-4-12/h1-8,15,19H,10H2. The van der Waals surface area contributed by atoms with Gasteiger partial charge in [-0.3, -0.25) is 5.32 Å². The number of nitrogens with zero attached hydrogens (tertiary/aromatic N) is 1. The van der Waals surface area contributed by atoms with E-state index in [9.17, 15) is 4.39 Å². The molecule has 0 aliphatic heterocycles. The van der Waals surface area contributed by atoms with Crippen molar-refractivity contribution in [3.8, 4) is 6.07 Å². The Labute approximate surface area is 116 Å². The second-order valence-electron chi connectivity index (χ2n) is 4.12. The molecule has 2 aromatic rings. The lowest BCUT2D eigenvalue weighted by Crippen LogP contribution is -2.19. The maximum absolute atomic E-state index is 12.8. The van der Waals surface area contributed by atoms with E-state index in [0.29, 0.717) is 11.6 Å². The summed E-state index contributed by atoms with van der Waals surface area (Å²) in [7, 11) is 0. The first-order valence-corrected chi connectivity index (χ1v) is 6.20. The number of rotatable bonds is 4. The van der Waals surface area contributed by atoms with Gasteiger partial charge in [0.1, 0.15) is 11.9 Å². The monoisotopic (exact) mass is 274 g/mol. The van der Waals surface area contributed by atoms with E-state index in [2.05, 4.69) is 11.4 Å². The summed E-state index contributed by atoms with van der Waals surface area (Å²) in [4.78, 5) is 0. The highest BCUT2D eigenvalue weighted by Crippen LogP contribution is 2.14. The van der Waals surface area contributed by atoms with Crippen molar-refractivity contribution in [2.45, 2.75) is 12.6 Å². The van der Waals surface area contributed by atoms with Crippen LogP contribution in [-0.2, 0) is 6.54 Å². The van der Waals surface area contributed by atoms with Crippen LogP contribution in [0.1, 0.15) is 17.2 Å². The van der Waals surface area contributed by atoms with Crippen LogP contribution < -0.4 is 5.32 Å². The minimum absolute atomic E-state index is 0.307. The number of halogens is 2. The van der Waals surface area contributed by atoms with Crippen molar-refractivity contribution in [2.24, 2.45) is 0 Å². The highest BCUT2D eigenvalue weighted by atomic mass is 35.5. The van der Waals surface area contributed by atoms with Crippen molar-refractivity contribution in [2.75, 3.05) is 0 Å². The molecule has 0 aliphatic rings. The molecule has 0 amide bonds. The third kappa shape index (κ3) is 3.78. The Morgan fingerprint density at radius 1 is 1.11 bits per heavy atom. The average Bonchev–Trinajstić information content (AvgIpc) is 2.43. The number of nitrogens with one attached hydrogen (secondary N) is 1. The number of hydrogen-bond acceptors (Lipinski definition) is 2. The second-order valence-corrected chi connectivity index (χ2v) is 4.56. The van der Waals surface area contributed by atoms with Gasteiger partial charge in [0.05, 0.1) is 6.07 Å². The highest BCUT2D eigenvalue weighted by Gasteiger charge is 2.09. The van der Waals surface area contributed by atoms with Gasteiger partial charge in [-0.1, -0.05) is 35.9 Å². The smallest absolute Gasteiger partial charge is 0.123 e. The Morgan fingerprint density at radius 2 is 1.74 bits per heavy atom. The summed E-state index contributed by atoms with van der Waals surface area (Å²) in [6.07, 6.45) is 0. The molecule has 0 saturated heterocycles. The molecule has 0 bridgehead atoms.